The molecule has 25 heavy (non-hydrogen) atoms. The molecule has 0 aliphatic heterocycles. The van der Waals surface area contributed by atoms with E-state index in [1.807, 2.05) is 31.2 Å². The van der Waals surface area contributed by atoms with Crippen molar-refractivity contribution in [3.63, 3.8) is 0 Å². The van der Waals surface area contributed by atoms with Crippen LogP contribution in [0.1, 0.15) is 38.7 Å². The fourth-order valence-corrected chi connectivity index (χ4v) is 2.38. The molecule has 1 amide bonds. The van der Waals surface area contributed by atoms with Gasteiger partial charge in [0.1, 0.15) is 0 Å². The van der Waals surface area contributed by atoms with E-state index in [-0.39, 0.29) is 5.91 Å². The van der Waals surface area contributed by atoms with E-state index >= 15 is 0 Å². The summed E-state index contributed by atoms with van der Waals surface area (Å²) in [5, 5.41) is 9.37. The summed E-state index contributed by atoms with van der Waals surface area (Å²) < 4.78 is 5.64. The second-order valence-corrected chi connectivity index (χ2v) is 6.38. The number of carbonyl (C=O) groups is 1. The third-order valence-corrected chi connectivity index (χ3v) is 3.82. The number of nitrogens with one attached hydrogen (secondary N) is 3. The summed E-state index contributed by atoms with van der Waals surface area (Å²) in [4.78, 5) is 15.7. The number of rotatable bonds is 10. The van der Waals surface area contributed by atoms with E-state index in [1.54, 1.807) is 0 Å². The summed E-state index contributed by atoms with van der Waals surface area (Å²) in [5.74, 6) is 1.55. The Morgan fingerprint density at radius 3 is 2.88 bits per heavy atom. The molecule has 6 heteroatoms. The molecule has 0 spiro atoms. The Labute approximate surface area is 150 Å². The summed E-state index contributed by atoms with van der Waals surface area (Å²) in [7, 11) is 0. The van der Waals surface area contributed by atoms with Crippen LogP contribution < -0.4 is 16.0 Å². The number of ether oxygens (including phenoxy) is 1. The Hall–Kier alpha value is -2.08. The van der Waals surface area contributed by atoms with E-state index in [0.29, 0.717) is 6.54 Å². The number of aliphatic imine (C=N–C) groups is 1. The minimum Gasteiger partial charge on any atom is -0.381 e. The standard InChI is InChI=1S/C19H30N4O2/c1-3-20-19(21-10-5-11-25-14-16-8-9-16)22-13-17-6-4-7-18(12-17)23-15(2)24/h4,6-7,12,16H,3,5,8-11,13-14H2,1-2H3,(H,23,24)(H2,20,21,22). The predicted molar refractivity (Wildman–Crippen MR) is 102 cm³/mol. The molecule has 1 aliphatic rings. The van der Waals surface area contributed by atoms with Crippen LogP contribution in [0, 0.1) is 5.92 Å². The highest BCUT2D eigenvalue weighted by atomic mass is 16.5. The van der Waals surface area contributed by atoms with Crippen LogP contribution >= 0.6 is 0 Å². The van der Waals surface area contributed by atoms with E-state index in [0.717, 1.165) is 55.9 Å². The van der Waals surface area contributed by atoms with Crippen LogP contribution in [0.5, 0.6) is 0 Å². The van der Waals surface area contributed by atoms with Gasteiger partial charge < -0.3 is 20.7 Å². The quantitative estimate of drug-likeness (QED) is 0.346. The highest BCUT2D eigenvalue weighted by Crippen LogP contribution is 2.28. The molecule has 0 saturated heterocycles. The molecule has 138 valence electrons. The van der Waals surface area contributed by atoms with Crippen molar-refractivity contribution in [2.45, 2.75) is 39.7 Å². The Balaban J connectivity index is 1.74. The second-order valence-electron chi connectivity index (χ2n) is 6.38. The lowest BCUT2D eigenvalue weighted by Gasteiger charge is -2.11. The maximum Gasteiger partial charge on any atom is 0.221 e. The number of hydrogen-bond acceptors (Lipinski definition) is 3. The Kier molecular flexibility index (Phi) is 8.25. The van der Waals surface area contributed by atoms with Crippen molar-refractivity contribution in [1.29, 1.82) is 0 Å². The molecular formula is C19H30N4O2. The minimum atomic E-state index is -0.0699. The summed E-state index contributed by atoms with van der Waals surface area (Å²) in [5.41, 5.74) is 1.85. The zero-order valence-electron chi connectivity index (χ0n) is 15.3. The molecule has 0 aromatic heterocycles. The summed E-state index contributed by atoms with van der Waals surface area (Å²) in [6.07, 6.45) is 3.63. The number of benzene rings is 1. The van der Waals surface area contributed by atoms with E-state index < -0.39 is 0 Å². The number of nitrogens with zero attached hydrogens (tertiary/aromatic N) is 1. The molecule has 2 rings (SSSR count). The van der Waals surface area contributed by atoms with Gasteiger partial charge in [-0.1, -0.05) is 12.1 Å². The fourth-order valence-electron chi connectivity index (χ4n) is 2.38. The molecule has 1 saturated carbocycles. The van der Waals surface area contributed by atoms with Crippen molar-refractivity contribution in [3.05, 3.63) is 29.8 Å². The van der Waals surface area contributed by atoms with Gasteiger partial charge in [0.05, 0.1) is 6.54 Å². The van der Waals surface area contributed by atoms with Crippen LogP contribution in [0.4, 0.5) is 5.69 Å². The van der Waals surface area contributed by atoms with Gasteiger partial charge in [-0.25, -0.2) is 4.99 Å². The molecule has 1 aliphatic carbocycles. The molecule has 0 radical (unpaired) electrons. The first-order valence-electron chi connectivity index (χ1n) is 9.14. The maximum absolute atomic E-state index is 11.1. The number of carbonyl (C=O) groups excluding carboxylic acids is 1. The molecule has 1 aromatic rings. The Morgan fingerprint density at radius 1 is 1.32 bits per heavy atom. The molecule has 3 N–H and O–H groups in total. The third kappa shape index (κ3) is 8.54. The van der Waals surface area contributed by atoms with Gasteiger partial charge in [-0.05, 0) is 49.8 Å². The van der Waals surface area contributed by atoms with Crippen molar-refractivity contribution in [1.82, 2.24) is 10.6 Å². The summed E-state index contributed by atoms with van der Waals surface area (Å²) in [6, 6.07) is 7.75. The van der Waals surface area contributed by atoms with Crippen molar-refractivity contribution < 1.29 is 9.53 Å². The molecule has 0 unspecified atom stereocenters. The zero-order valence-corrected chi connectivity index (χ0v) is 15.3. The largest absolute Gasteiger partial charge is 0.381 e. The molecule has 6 nitrogen and oxygen atoms in total. The van der Waals surface area contributed by atoms with Crippen molar-refractivity contribution in [2.75, 3.05) is 31.6 Å². The van der Waals surface area contributed by atoms with Crippen LogP contribution in [0.25, 0.3) is 0 Å². The first-order chi connectivity index (χ1) is 12.2. The Bertz CT molecular complexity index is 570. The van der Waals surface area contributed by atoms with Crippen LogP contribution in [0.2, 0.25) is 0 Å². The molecule has 0 atom stereocenters. The normalized spacial score (nSPS) is 14.2. The van der Waals surface area contributed by atoms with Gasteiger partial charge >= 0.3 is 0 Å². The lowest BCUT2D eigenvalue weighted by Crippen LogP contribution is -2.38. The number of amides is 1. The molecule has 0 bridgehead atoms. The van der Waals surface area contributed by atoms with E-state index in [9.17, 15) is 4.79 Å². The van der Waals surface area contributed by atoms with Crippen LogP contribution in [-0.4, -0.2) is 38.2 Å². The van der Waals surface area contributed by atoms with Gasteiger partial charge in [-0.3, -0.25) is 4.79 Å². The van der Waals surface area contributed by atoms with Gasteiger partial charge in [-0.15, -0.1) is 0 Å². The monoisotopic (exact) mass is 346 g/mol. The van der Waals surface area contributed by atoms with Gasteiger partial charge in [0, 0.05) is 38.9 Å². The summed E-state index contributed by atoms with van der Waals surface area (Å²) in [6.45, 7) is 7.47. The number of guanidine groups is 1. The second kappa shape index (κ2) is 10.7. The minimum absolute atomic E-state index is 0.0699. The highest BCUT2D eigenvalue weighted by Gasteiger charge is 2.20. The van der Waals surface area contributed by atoms with Crippen molar-refractivity contribution in [3.8, 4) is 0 Å². The predicted octanol–water partition coefficient (Wildman–Crippen LogP) is 2.52. The Morgan fingerprint density at radius 2 is 2.16 bits per heavy atom. The fraction of sp³-hybridized carbons (Fsp3) is 0.579. The molecule has 1 fully saturated rings. The van der Waals surface area contributed by atoms with Crippen LogP contribution in [0.15, 0.2) is 29.3 Å². The first kappa shape index (κ1) is 19.2. The highest BCUT2D eigenvalue weighted by molar-refractivity contribution is 5.88. The smallest absolute Gasteiger partial charge is 0.221 e. The number of hydrogen-bond donors (Lipinski definition) is 3. The van der Waals surface area contributed by atoms with Gasteiger partial charge in [-0.2, -0.15) is 0 Å². The van der Waals surface area contributed by atoms with Gasteiger partial charge in [0.25, 0.3) is 0 Å². The average molecular weight is 346 g/mol. The van der Waals surface area contributed by atoms with Gasteiger partial charge in [0.15, 0.2) is 5.96 Å². The summed E-state index contributed by atoms with van der Waals surface area (Å²) >= 11 is 0. The topological polar surface area (TPSA) is 74.8 Å². The van der Waals surface area contributed by atoms with Crippen molar-refractivity contribution >= 4 is 17.6 Å². The van der Waals surface area contributed by atoms with Crippen LogP contribution in [0.3, 0.4) is 0 Å². The first-order valence-corrected chi connectivity index (χ1v) is 9.14. The third-order valence-electron chi connectivity index (χ3n) is 3.82. The van der Waals surface area contributed by atoms with Crippen molar-refractivity contribution in [2.24, 2.45) is 10.9 Å². The molecule has 1 aromatic carbocycles. The maximum atomic E-state index is 11.1. The zero-order chi connectivity index (χ0) is 17.9. The SMILES string of the molecule is CCNC(=NCc1cccc(NC(C)=O)c1)NCCCOCC1CC1. The lowest BCUT2D eigenvalue weighted by atomic mass is 10.2. The molecule has 0 heterocycles. The van der Waals surface area contributed by atoms with E-state index in [2.05, 4.69) is 20.9 Å². The van der Waals surface area contributed by atoms with Crippen LogP contribution in [-0.2, 0) is 16.1 Å². The molecular weight excluding hydrogens is 316 g/mol. The van der Waals surface area contributed by atoms with E-state index in [4.69, 9.17) is 4.74 Å². The van der Waals surface area contributed by atoms with Gasteiger partial charge in [0.2, 0.25) is 5.91 Å². The van der Waals surface area contributed by atoms with E-state index in [1.165, 1.54) is 19.8 Å². The lowest BCUT2D eigenvalue weighted by molar-refractivity contribution is -0.114. The average Bonchev–Trinajstić information content (AvgIpc) is 3.39. The number of anilines is 1.